The first kappa shape index (κ1) is 18.8. The van der Waals surface area contributed by atoms with Gasteiger partial charge in [0.05, 0.1) is 9.79 Å². The number of carboxylic acid groups (broad SMARTS) is 1. The van der Waals surface area contributed by atoms with Gasteiger partial charge in [-0.2, -0.15) is 4.31 Å². The van der Waals surface area contributed by atoms with Crippen molar-refractivity contribution in [1.29, 1.82) is 0 Å². The Hall–Kier alpha value is -1.49. The maximum absolute atomic E-state index is 12.7. The molecule has 0 atom stereocenters. The van der Waals surface area contributed by atoms with Gasteiger partial charge in [-0.15, -0.1) is 0 Å². The molecule has 0 unspecified atom stereocenters. The summed E-state index contributed by atoms with van der Waals surface area (Å²) in [4.78, 5) is 10.5. The van der Waals surface area contributed by atoms with E-state index in [1.54, 1.807) is 13.8 Å². The molecule has 0 saturated heterocycles. The lowest BCUT2D eigenvalue weighted by Gasteiger charge is -2.24. The van der Waals surface area contributed by atoms with Crippen molar-refractivity contribution >= 4 is 26.0 Å². The van der Waals surface area contributed by atoms with E-state index in [1.165, 1.54) is 18.2 Å². The first-order chi connectivity index (χ1) is 11.0. The molecule has 8 nitrogen and oxygen atoms in total. The third-order valence-corrected chi connectivity index (χ3v) is 7.02. The van der Waals surface area contributed by atoms with E-state index in [9.17, 15) is 21.6 Å². The summed E-state index contributed by atoms with van der Waals surface area (Å²) in [6.07, 6.45) is 1.52. The van der Waals surface area contributed by atoms with Crippen molar-refractivity contribution in [3.8, 4) is 0 Å². The van der Waals surface area contributed by atoms with Crippen LogP contribution in [0.25, 0.3) is 0 Å². The number of carboxylic acids is 1. The summed E-state index contributed by atoms with van der Waals surface area (Å²) in [5.74, 6) is -1.29. The van der Waals surface area contributed by atoms with Crippen LogP contribution >= 0.6 is 0 Å². The minimum absolute atomic E-state index is 0.102. The second-order valence-electron chi connectivity index (χ2n) is 5.91. The molecular formula is C14H20N2O6S2. The van der Waals surface area contributed by atoms with Gasteiger partial charge in [-0.25, -0.2) is 21.6 Å². The van der Waals surface area contributed by atoms with E-state index < -0.39 is 38.6 Å². The molecule has 2 rings (SSSR count). The lowest BCUT2D eigenvalue weighted by molar-refractivity contribution is -0.137. The van der Waals surface area contributed by atoms with Crippen molar-refractivity contribution < 1.29 is 26.7 Å². The van der Waals surface area contributed by atoms with E-state index in [4.69, 9.17) is 5.11 Å². The standard InChI is InChI=1S/C14H20N2O6S2/c1-10(2)16(9-14(17)18)24(21,22)13-5-3-4-12(8-13)23(19,20)15-11-6-7-11/h3-5,8,10-11,15H,6-7,9H2,1-2H3,(H,17,18). The summed E-state index contributed by atoms with van der Waals surface area (Å²) < 4.78 is 53.1. The SMILES string of the molecule is CC(C)N(CC(=O)O)S(=O)(=O)c1cccc(S(=O)(=O)NC2CC2)c1. The Morgan fingerprint density at radius 2 is 1.83 bits per heavy atom. The molecule has 134 valence electrons. The zero-order valence-electron chi connectivity index (χ0n) is 13.3. The Bertz CT molecular complexity index is 829. The van der Waals surface area contributed by atoms with Crippen LogP contribution in [0, 0.1) is 0 Å². The molecule has 10 heteroatoms. The molecule has 24 heavy (non-hydrogen) atoms. The van der Waals surface area contributed by atoms with Gasteiger partial charge in [0.1, 0.15) is 6.54 Å². The highest BCUT2D eigenvalue weighted by molar-refractivity contribution is 7.90. The number of sulfonamides is 2. The smallest absolute Gasteiger partial charge is 0.318 e. The van der Waals surface area contributed by atoms with Gasteiger partial charge in [0.2, 0.25) is 20.0 Å². The van der Waals surface area contributed by atoms with Gasteiger partial charge in [-0.3, -0.25) is 4.79 Å². The number of aliphatic carboxylic acids is 1. The number of benzene rings is 1. The molecule has 1 aromatic rings. The van der Waals surface area contributed by atoms with Crippen LogP contribution in [0.4, 0.5) is 0 Å². The van der Waals surface area contributed by atoms with E-state index in [2.05, 4.69) is 4.72 Å². The third-order valence-electron chi connectivity index (χ3n) is 3.49. The van der Waals surface area contributed by atoms with E-state index in [0.29, 0.717) is 0 Å². The highest BCUT2D eigenvalue weighted by Crippen LogP contribution is 2.24. The second kappa shape index (κ2) is 6.79. The van der Waals surface area contributed by atoms with E-state index in [-0.39, 0.29) is 15.8 Å². The summed E-state index contributed by atoms with van der Waals surface area (Å²) in [6, 6.07) is 4.25. The predicted octanol–water partition coefficient (Wildman–Crippen LogP) is 0.611. The van der Waals surface area contributed by atoms with Crippen molar-refractivity contribution in [3.05, 3.63) is 24.3 Å². The van der Waals surface area contributed by atoms with Crippen LogP contribution in [-0.2, 0) is 24.8 Å². The highest BCUT2D eigenvalue weighted by Gasteiger charge is 2.31. The number of rotatable bonds is 8. The molecule has 2 N–H and O–H groups in total. The van der Waals surface area contributed by atoms with Crippen molar-refractivity contribution in [2.75, 3.05) is 6.54 Å². The molecule has 0 bridgehead atoms. The molecule has 1 saturated carbocycles. The Morgan fingerprint density at radius 3 is 2.33 bits per heavy atom. The monoisotopic (exact) mass is 376 g/mol. The summed E-state index contributed by atoms with van der Waals surface area (Å²) >= 11 is 0. The van der Waals surface area contributed by atoms with E-state index in [0.717, 1.165) is 23.2 Å². The van der Waals surface area contributed by atoms with Crippen LogP contribution in [0.5, 0.6) is 0 Å². The topological polar surface area (TPSA) is 121 Å². The number of nitrogens with zero attached hydrogens (tertiary/aromatic N) is 1. The number of hydrogen-bond acceptors (Lipinski definition) is 5. The van der Waals surface area contributed by atoms with E-state index in [1.807, 2.05) is 0 Å². The van der Waals surface area contributed by atoms with Crippen LogP contribution in [0.3, 0.4) is 0 Å². The molecule has 0 radical (unpaired) electrons. The van der Waals surface area contributed by atoms with Gasteiger partial charge in [-0.05, 0) is 44.9 Å². The van der Waals surface area contributed by atoms with Crippen molar-refractivity contribution in [2.45, 2.75) is 48.6 Å². The highest BCUT2D eigenvalue weighted by atomic mass is 32.2. The molecule has 1 aliphatic carbocycles. The Labute approximate surface area is 141 Å². The summed E-state index contributed by atoms with van der Waals surface area (Å²) in [5.41, 5.74) is 0. The molecule has 1 fully saturated rings. The minimum atomic E-state index is -4.13. The quantitative estimate of drug-likeness (QED) is 0.686. The summed E-state index contributed by atoms with van der Waals surface area (Å²) in [5, 5.41) is 8.92. The Kier molecular flexibility index (Phi) is 5.33. The lowest BCUT2D eigenvalue weighted by atomic mass is 10.4. The van der Waals surface area contributed by atoms with E-state index >= 15 is 0 Å². The van der Waals surface area contributed by atoms with Crippen LogP contribution in [0.15, 0.2) is 34.1 Å². The first-order valence-electron chi connectivity index (χ1n) is 7.40. The normalized spacial score (nSPS) is 15.8. The fraction of sp³-hybridized carbons (Fsp3) is 0.500. The number of carbonyl (C=O) groups is 1. The minimum Gasteiger partial charge on any atom is -0.480 e. The van der Waals surface area contributed by atoms with Crippen LogP contribution in [0.2, 0.25) is 0 Å². The van der Waals surface area contributed by atoms with Gasteiger partial charge in [-0.1, -0.05) is 6.07 Å². The van der Waals surface area contributed by atoms with Crippen molar-refractivity contribution in [3.63, 3.8) is 0 Å². The largest absolute Gasteiger partial charge is 0.480 e. The Morgan fingerprint density at radius 1 is 1.25 bits per heavy atom. The predicted molar refractivity (Wildman–Crippen MR) is 86.4 cm³/mol. The fourth-order valence-electron chi connectivity index (χ4n) is 2.10. The second-order valence-corrected chi connectivity index (χ2v) is 9.51. The zero-order valence-corrected chi connectivity index (χ0v) is 15.0. The average Bonchev–Trinajstić information content (AvgIpc) is 3.27. The molecule has 0 aromatic heterocycles. The maximum atomic E-state index is 12.7. The van der Waals surface area contributed by atoms with Crippen LogP contribution in [0.1, 0.15) is 26.7 Å². The summed E-state index contributed by atoms with van der Waals surface area (Å²) in [6.45, 7) is 2.41. The Balaban J connectivity index is 2.40. The third kappa shape index (κ3) is 4.32. The number of nitrogens with one attached hydrogen (secondary N) is 1. The van der Waals surface area contributed by atoms with Gasteiger partial charge in [0.25, 0.3) is 0 Å². The molecule has 0 aliphatic heterocycles. The molecule has 0 heterocycles. The first-order valence-corrected chi connectivity index (χ1v) is 10.3. The molecule has 1 aromatic carbocycles. The molecular weight excluding hydrogens is 356 g/mol. The number of hydrogen-bond donors (Lipinski definition) is 2. The zero-order chi connectivity index (χ0) is 18.1. The van der Waals surface area contributed by atoms with Gasteiger partial charge in [0, 0.05) is 12.1 Å². The van der Waals surface area contributed by atoms with Gasteiger partial charge < -0.3 is 5.11 Å². The maximum Gasteiger partial charge on any atom is 0.318 e. The van der Waals surface area contributed by atoms with Crippen molar-refractivity contribution in [2.24, 2.45) is 0 Å². The van der Waals surface area contributed by atoms with Crippen LogP contribution in [-0.4, -0.2) is 50.8 Å². The fourth-order valence-corrected chi connectivity index (χ4v) is 5.16. The molecule has 0 amide bonds. The average molecular weight is 376 g/mol. The summed E-state index contributed by atoms with van der Waals surface area (Å²) in [7, 11) is -7.93. The molecule has 0 spiro atoms. The van der Waals surface area contributed by atoms with Crippen LogP contribution < -0.4 is 4.72 Å². The van der Waals surface area contributed by atoms with Gasteiger partial charge >= 0.3 is 5.97 Å². The lowest BCUT2D eigenvalue weighted by Crippen LogP contribution is -2.40. The molecule has 1 aliphatic rings. The van der Waals surface area contributed by atoms with Gasteiger partial charge in [0.15, 0.2) is 0 Å². The van der Waals surface area contributed by atoms with Crippen molar-refractivity contribution in [1.82, 2.24) is 9.03 Å².